The Kier molecular flexibility index (Phi) is 5.47. The first kappa shape index (κ1) is 27.7. The van der Waals surface area contributed by atoms with Crippen molar-refractivity contribution in [2.24, 2.45) is 0 Å². The highest BCUT2D eigenvalue weighted by Gasteiger charge is 2.27. The lowest BCUT2D eigenvalue weighted by Crippen LogP contribution is -2.00. The maximum atomic E-state index is 5.15. The second-order valence-corrected chi connectivity index (χ2v) is 13.8. The average molecular weight is 661 g/mol. The molecule has 0 saturated carbocycles. The molecule has 1 aliphatic rings. The van der Waals surface area contributed by atoms with Gasteiger partial charge in [0.1, 0.15) is 5.82 Å². The number of aromatic nitrogens is 4. The van der Waals surface area contributed by atoms with Crippen LogP contribution in [0, 0.1) is 0 Å². The zero-order chi connectivity index (χ0) is 33.9. The smallest absolute Gasteiger partial charge is 0.146 e. The lowest BCUT2D eigenvalue weighted by molar-refractivity contribution is 1.09. The molecule has 0 saturated heterocycles. The molecule has 0 atom stereocenters. The van der Waals surface area contributed by atoms with E-state index >= 15 is 0 Å². The van der Waals surface area contributed by atoms with Crippen LogP contribution in [0.15, 0.2) is 170 Å². The molecule has 1 aliphatic carbocycles. The number of hydrogen-bond acceptors (Lipinski definition) is 2. The number of fused-ring (bicyclic) bond motifs is 10. The van der Waals surface area contributed by atoms with E-state index in [4.69, 9.17) is 9.97 Å². The quantitative estimate of drug-likeness (QED) is 0.189. The Hall–Kier alpha value is -7.04. The van der Waals surface area contributed by atoms with E-state index in [2.05, 4.69) is 167 Å². The summed E-state index contributed by atoms with van der Waals surface area (Å²) in [5, 5.41) is 8.56. The molecule has 0 aliphatic heterocycles. The number of nitrogens with zero attached hydrogens (tertiary/aromatic N) is 4. The van der Waals surface area contributed by atoms with Gasteiger partial charge in [0.25, 0.3) is 0 Å². The van der Waals surface area contributed by atoms with Gasteiger partial charge < -0.3 is 4.57 Å². The van der Waals surface area contributed by atoms with Crippen LogP contribution in [0.5, 0.6) is 0 Å². The standard InChI is InChI=1S/C48H28N4/c1-2-11-33(12-3-1)51-42-16-7-6-13-34(42)38-26-31(17-19-43(38)51)32-18-20-44-39(27-32)40-25-29-9-4-5-10-30(29)28-45(40)52(44)48-47-36(21-24-50-48)35-14-8-15-41-46(35)37(47)22-23-49-41/h1-28H. The second kappa shape index (κ2) is 10.3. The zero-order valence-corrected chi connectivity index (χ0v) is 28.0. The Labute approximate surface area is 298 Å². The molecule has 52 heavy (non-hydrogen) atoms. The molecule has 7 aromatic carbocycles. The Morgan fingerprint density at radius 2 is 1.04 bits per heavy atom. The minimum Gasteiger partial charge on any atom is -0.309 e. The number of hydrogen-bond donors (Lipinski definition) is 0. The summed E-state index contributed by atoms with van der Waals surface area (Å²) >= 11 is 0. The van der Waals surface area contributed by atoms with Crippen molar-refractivity contribution in [2.75, 3.05) is 0 Å². The van der Waals surface area contributed by atoms with Crippen LogP contribution >= 0.6 is 0 Å². The molecule has 11 aromatic rings. The van der Waals surface area contributed by atoms with Gasteiger partial charge in [-0.2, -0.15) is 0 Å². The lowest BCUT2D eigenvalue weighted by atomic mass is 10.00. The molecule has 0 amide bonds. The third-order valence-corrected chi connectivity index (χ3v) is 11.1. The Morgan fingerprint density at radius 3 is 1.88 bits per heavy atom. The van der Waals surface area contributed by atoms with Gasteiger partial charge in [0.05, 0.1) is 27.6 Å². The third-order valence-electron chi connectivity index (χ3n) is 11.1. The van der Waals surface area contributed by atoms with Gasteiger partial charge >= 0.3 is 0 Å². The number of benzene rings is 7. The number of para-hydroxylation sites is 2. The zero-order valence-electron chi connectivity index (χ0n) is 28.0. The van der Waals surface area contributed by atoms with Gasteiger partial charge in [-0.25, -0.2) is 4.98 Å². The van der Waals surface area contributed by atoms with Crippen LogP contribution in [0.3, 0.4) is 0 Å². The molecular formula is C48H28N4. The monoisotopic (exact) mass is 660 g/mol. The van der Waals surface area contributed by atoms with Crippen molar-refractivity contribution < 1.29 is 0 Å². The highest BCUT2D eigenvalue weighted by molar-refractivity contribution is 6.19. The molecule has 0 bridgehead atoms. The number of pyridine rings is 2. The summed E-state index contributed by atoms with van der Waals surface area (Å²) in [6.07, 6.45) is 3.88. The third kappa shape index (κ3) is 3.70. The van der Waals surface area contributed by atoms with Crippen LogP contribution in [0.25, 0.3) is 110 Å². The summed E-state index contributed by atoms with van der Waals surface area (Å²) in [7, 11) is 0. The summed E-state index contributed by atoms with van der Waals surface area (Å²) < 4.78 is 4.76. The van der Waals surface area contributed by atoms with Gasteiger partial charge in [-0.05, 0) is 111 Å². The van der Waals surface area contributed by atoms with E-state index in [0.717, 1.165) is 27.9 Å². The summed E-state index contributed by atoms with van der Waals surface area (Å²) in [5.74, 6) is 0.944. The first-order valence-corrected chi connectivity index (χ1v) is 17.7. The first-order chi connectivity index (χ1) is 25.8. The fourth-order valence-electron chi connectivity index (χ4n) is 8.87. The van der Waals surface area contributed by atoms with Crippen LogP contribution in [0.2, 0.25) is 0 Å². The number of rotatable bonds is 3. The van der Waals surface area contributed by atoms with Crippen molar-refractivity contribution in [3.05, 3.63) is 170 Å². The van der Waals surface area contributed by atoms with Crippen molar-refractivity contribution >= 4 is 65.3 Å². The molecule has 0 fully saturated rings. The molecule has 12 rings (SSSR count). The minimum atomic E-state index is 0.944. The van der Waals surface area contributed by atoms with E-state index in [-0.39, 0.29) is 0 Å². The lowest BCUT2D eigenvalue weighted by Gasteiger charge is -2.13. The Morgan fingerprint density at radius 1 is 0.385 bits per heavy atom. The van der Waals surface area contributed by atoms with Crippen molar-refractivity contribution in [3.8, 4) is 44.9 Å². The molecule has 0 radical (unpaired) electrons. The van der Waals surface area contributed by atoms with Crippen LogP contribution in [0.1, 0.15) is 0 Å². The Bertz CT molecular complexity index is 3290. The maximum Gasteiger partial charge on any atom is 0.146 e. The van der Waals surface area contributed by atoms with Crippen LogP contribution in [-0.4, -0.2) is 19.1 Å². The molecule has 4 nitrogen and oxygen atoms in total. The fraction of sp³-hybridized carbons (Fsp3) is 0. The topological polar surface area (TPSA) is 35.6 Å². The van der Waals surface area contributed by atoms with Crippen molar-refractivity contribution in [1.29, 1.82) is 0 Å². The van der Waals surface area contributed by atoms with Gasteiger partial charge in [-0.3, -0.25) is 9.55 Å². The predicted molar refractivity (Wildman–Crippen MR) is 216 cm³/mol. The normalized spacial score (nSPS) is 12.2. The van der Waals surface area contributed by atoms with E-state index in [9.17, 15) is 0 Å². The van der Waals surface area contributed by atoms with E-state index in [0.29, 0.717) is 0 Å². The maximum absolute atomic E-state index is 5.15. The minimum absolute atomic E-state index is 0.944. The van der Waals surface area contributed by atoms with E-state index < -0.39 is 0 Å². The van der Waals surface area contributed by atoms with Crippen molar-refractivity contribution in [2.45, 2.75) is 0 Å². The summed E-state index contributed by atoms with van der Waals surface area (Å²) in [4.78, 5) is 9.87. The van der Waals surface area contributed by atoms with Gasteiger partial charge in [-0.15, -0.1) is 0 Å². The van der Waals surface area contributed by atoms with Crippen molar-refractivity contribution in [1.82, 2.24) is 19.1 Å². The molecule has 240 valence electrons. The summed E-state index contributed by atoms with van der Waals surface area (Å²) in [6, 6.07) is 57.3. The molecule has 0 spiro atoms. The van der Waals surface area contributed by atoms with Crippen LogP contribution < -0.4 is 0 Å². The molecule has 0 N–H and O–H groups in total. The molecular weight excluding hydrogens is 633 g/mol. The summed E-state index contributed by atoms with van der Waals surface area (Å²) in [6.45, 7) is 0. The molecule has 4 aromatic heterocycles. The molecule has 0 unspecified atom stereocenters. The van der Waals surface area contributed by atoms with Crippen LogP contribution in [-0.2, 0) is 0 Å². The van der Waals surface area contributed by atoms with E-state index in [1.165, 1.54) is 82.2 Å². The van der Waals surface area contributed by atoms with E-state index in [1.54, 1.807) is 0 Å². The van der Waals surface area contributed by atoms with Gasteiger partial charge in [-0.1, -0.05) is 84.9 Å². The molecule has 4 heteroatoms. The van der Waals surface area contributed by atoms with Gasteiger partial charge in [0.15, 0.2) is 0 Å². The largest absolute Gasteiger partial charge is 0.309 e. The highest BCUT2D eigenvalue weighted by Crippen LogP contribution is 2.50. The van der Waals surface area contributed by atoms with E-state index in [1.807, 2.05) is 12.4 Å². The Balaban J connectivity index is 1.12. The van der Waals surface area contributed by atoms with Crippen molar-refractivity contribution in [3.63, 3.8) is 0 Å². The van der Waals surface area contributed by atoms with Crippen LogP contribution in [0.4, 0.5) is 0 Å². The highest BCUT2D eigenvalue weighted by atomic mass is 15.1. The van der Waals surface area contributed by atoms with Gasteiger partial charge in [0.2, 0.25) is 0 Å². The second-order valence-electron chi connectivity index (χ2n) is 13.8. The SMILES string of the molecule is c1ccc(-n2c3ccccc3c3cc(-c4ccc5c(c4)c4cc6ccccc6cc4n5-c4nccc5c4-c4ccnc6cccc-5c46)ccc32)cc1. The summed E-state index contributed by atoms with van der Waals surface area (Å²) in [5.41, 5.74) is 14.0. The fourth-order valence-corrected chi connectivity index (χ4v) is 8.87. The first-order valence-electron chi connectivity index (χ1n) is 17.7. The molecule has 4 heterocycles. The average Bonchev–Trinajstić information content (AvgIpc) is 3.83. The predicted octanol–water partition coefficient (Wildman–Crippen LogP) is 12.3. The van der Waals surface area contributed by atoms with Gasteiger partial charge in [0, 0.05) is 50.6 Å².